The SMILES string of the molecule is CC(C)COc1ccc(-c2nc(-c3ccc(CNCCC(=O)O)cc3)no2)cc1C(F)(F)F. The number of hydrogen-bond acceptors (Lipinski definition) is 6. The van der Waals surface area contributed by atoms with Crippen molar-refractivity contribution in [3.05, 3.63) is 53.6 Å². The minimum Gasteiger partial charge on any atom is -0.493 e. The van der Waals surface area contributed by atoms with Crippen molar-refractivity contribution in [1.82, 2.24) is 15.5 Å². The third-order valence-corrected chi connectivity index (χ3v) is 4.59. The molecule has 10 heteroatoms. The van der Waals surface area contributed by atoms with E-state index in [-0.39, 0.29) is 42.0 Å². The second-order valence-electron chi connectivity index (χ2n) is 7.85. The van der Waals surface area contributed by atoms with Gasteiger partial charge in [-0.15, -0.1) is 0 Å². The molecule has 2 N–H and O–H groups in total. The van der Waals surface area contributed by atoms with Crippen molar-refractivity contribution < 1.29 is 32.3 Å². The fourth-order valence-electron chi connectivity index (χ4n) is 2.92. The number of carbonyl (C=O) groups is 1. The molecule has 7 nitrogen and oxygen atoms in total. The van der Waals surface area contributed by atoms with Crippen molar-refractivity contribution in [2.45, 2.75) is 33.0 Å². The van der Waals surface area contributed by atoms with Crippen LogP contribution in [0.3, 0.4) is 0 Å². The predicted molar refractivity (Wildman–Crippen MR) is 114 cm³/mol. The summed E-state index contributed by atoms with van der Waals surface area (Å²) in [5, 5.41) is 15.5. The zero-order valence-electron chi connectivity index (χ0n) is 18.1. The van der Waals surface area contributed by atoms with Crippen LogP contribution in [0.1, 0.15) is 31.4 Å². The van der Waals surface area contributed by atoms with Gasteiger partial charge in [0.15, 0.2) is 0 Å². The minimum absolute atomic E-state index is 0.0323. The van der Waals surface area contributed by atoms with Gasteiger partial charge in [0, 0.05) is 24.2 Å². The molecule has 0 radical (unpaired) electrons. The summed E-state index contributed by atoms with van der Waals surface area (Å²) in [6.45, 7) is 4.72. The molecule has 176 valence electrons. The molecule has 3 rings (SSSR count). The highest BCUT2D eigenvalue weighted by atomic mass is 19.4. The number of rotatable bonds is 10. The number of nitrogens with zero attached hydrogens (tertiary/aromatic N) is 2. The van der Waals surface area contributed by atoms with Gasteiger partial charge >= 0.3 is 12.1 Å². The molecule has 0 saturated heterocycles. The smallest absolute Gasteiger partial charge is 0.419 e. The summed E-state index contributed by atoms with van der Waals surface area (Å²) in [6.07, 6.45) is -4.57. The van der Waals surface area contributed by atoms with Crippen LogP contribution in [0, 0.1) is 5.92 Å². The van der Waals surface area contributed by atoms with Crippen molar-refractivity contribution in [3.63, 3.8) is 0 Å². The largest absolute Gasteiger partial charge is 0.493 e. The molecule has 0 atom stereocenters. The molecule has 0 aliphatic heterocycles. The maximum absolute atomic E-state index is 13.5. The molecule has 1 heterocycles. The first kappa shape index (κ1) is 24.2. The number of hydrogen-bond donors (Lipinski definition) is 2. The molecular weight excluding hydrogens is 439 g/mol. The number of nitrogens with one attached hydrogen (secondary N) is 1. The van der Waals surface area contributed by atoms with Crippen LogP contribution in [0.25, 0.3) is 22.8 Å². The topological polar surface area (TPSA) is 97.5 Å². The molecule has 0 amide bonds. The molecule has 0 saturated carbocycles. The second kappa shape index (κ2) is 10.5. The van der Waals surface area contributed by atoms with Crippen LogP contribution in [-0.4, -0.2) is 34.4 Å². The van der Waals surface area contributed by atoms with E-state index in [2.05, 4.69) is 15.5 Å². The van der Waals surface area contributed by atoms with Crippen LogP contribution in [0.2, 0.25) is 0 Å². The Morgan fingerprint density at radius 1 is 1.15 bits per heavy atom. The lowest BCUT2D eigenvalue weighted by molar-refractivity contribution is -0.139. The van der Waals surface area contributed by atoms with E-state index >= 15 is 0 Å². The number of carboxylic acid groups (broad SMARTS) is 1. The summed E-state index contributed by atoms with van der Waals surface area (Å²) in [5.41, 5.74) is 0.796. The van der Waals surface area contributed by atoms with E-state index in [0.717, 1.165) is 11.6 Å². The Morgan fingerprint density at radius 2 is 1.85 bits per heavy atom. The normalized spacial score (nSPS) is 11.7. The van der Waals surface area contributed by atoms with Crippen molar-refractivity contribution in [1.29, 1.82) is 0 Å². The van der Waals surface area contributed by atoms with Crippen LogP contribution in [0.5, 0.6) is 5.75 Å². The standard InChI is InChI=1S/C23H24F3N3O4/c1-14(2)13-32-19-8-7-17(11-18(19)23(24,25)26)22-28-21(29-33-22)16-5-3-15(4-6-16)12-27-10-9-20(30)31/h3-8,11,14,27H,9-10,12-13H2,1-2H3,(H,30,31). The highest BCUT2D eigenvalue weighted by Crippen LogP contribution is 2.39. The van der Waals surface area contributed by atoms with Gasteiger partial charge in [0.1, 0.15) is 5.75 Å². The first-order valence-electron chi connectivity index (χ1n) is 10.3. The Labute approximate surface area is 188 Å². The van der Waals surface area contributed by atoms with E-state index in [1.54, 1.807) is 12.1 Å². The number of halogens is 3. The molecule has 2 aromatic carbocycles. The Balaban J connectivity index is 1.75. The first-order valence-corrected chi connectivity index (χ1v) is 10.3. The van der Waals surface area contributed by atoms with Gasteiger partial charge in [-0.25, -0.2) is 0 Å². The molecule has 3 aromatic rings. The first-order chi connectivity index (χ1) is 15.6. The fourth-order valence-corrected chi connectivity index (χ4v) is 2.92. The average molecular weight is 463 g/mol. The van der Waals surface area contributed by atoms with Gasteiger partial charge in [-0.3, -0.25) is 4.79 Å². The predicted octanol–water partition coefficient (Wildman–Crippen LogP) is 5.02. The Hall–Kier alpha value is -3.40. The highest BCUT2D eigenvalue weighted by molar-refractivity contribution is 5.66. The molecule has 33 heavy (non-hydrogen) atoms. The van der Waals surface area contributed by atoms with Gasteiger partial charge in [-0.05, 0) is 29.7 Å². The average Bonchev–Trinajstić information content (AvgIpc) is 3.25. The number of aromatic nitrogens is 2. The molecule has 0 spiro atoms. The van der Waals surface area contributed by atoms with Crippen molar-refractivity contribution in [2.24, 2.45) is 5.92 Å². The third kappa shape index (κ3) is 6.79. The summed E-state index contributed by atoms with van der Waals surface area (Å²) in [6, 6.07) is 10.8. The minimum atomic E-state index is -4.60. The van der Waals surface area contributed by atoms with Crippen LogP contribution < -0.4 is 10.1 Å². The van der Waals surface area contributed by atoms with Gasteiger partial charge in [-0.2, -0.15) is 18.2 Å². The van der Waals surface area contributed by atoms with E-state index in [9.17, 15) is 18.0 Å². The van der Waals surface area contributed by atoms with Gasteiger partial charge < -0.3 is 19.7 Å². The number of benzene rings is 2. The van der Waals surface area contributed by atoms with E-state index in [4.69, 9.17) is 14.4 Å². The van der Waals surface area contributed by atoms with E-state index < -0.39 is 17.7 Å². The lowest BCUT2D eigenvalue weighted by Gasteiger charge is -2.15. The fraction of sp³-hybridized carbons (Fsp3) is 0.348. The number of ether oxygens (including phenoxy) is 1. The van der Waals surface area contributed by atoms with Crippen molar-refractivity contribution >= 4 is 5.97 Å². The number of alkyl halides is 3. The van der Waals surface area contributed by atoms with Crippen molar-refractivity contribution in [2.75, 3.05) is 13.2 Å². The number of carboxylic acids is 1. The lowest BCUT2D eigenvalue weighted by atomic mass is 10.1. The van der Waals surface area contributed by atoms with E-state index in [1.807, 2.05) is 26.0 Å². The third-order valence-electron chi connectivity index (χ3n) is 4.59. The molecular formula is C23H24F3N3O4. The Bertz CT molecular complexity index is 1080. The number of aliphatic carboxylic acids is 1. The molecule has 1 aromatic heterocycles. The summed E-state index contributed by atoms with van der Waals surface area (Å²) in [4.78, 5) is 14.8. The quantitative estimate of drug-likeness (QED) is 0.408. The zero-order chi connectivity index (χ0) is 24.0. The molecule has 0 unspecified atom stereocenters. The van der Waals surface area contributed by atoms with Crippen LogP contribution in [0.15, 0.2) is 47.0 Å². The van der Waals surface area contributed by atoms with Crippen LogP contribution in [0.4, 0.5) is 13.2 Å². The van der Waals surface area contributed by atoms with Gasteiger partial charge in [0.25, 0.3) is 5.89 Å². The molecule has 0 fully saturated rings. The van der Waals surface area contributed by atoms with Gasteiger partial charge in [-0.1, -0.05) is 43.3 Å². The summed E-state index contributed by atoms with van der Waals surface area (Å²) < 4.78 is 51.2. The lowest BCUT2D eigenvalue weighted by Crippen LogP contribution is -2.17. The summed E-state index contributed by atoms with van der Waals surface area (Å²) in [5.74, 6) is -0.830. The Morgan fingerprint density at radius 3 is 2.48 bits per heavy atom. The second-order valence-corrected chi connectivity index (χ2v) is 7.85. The maximum atomic E-state index is 13.5. The Kier molecular flexibility index (Phi) is 7.70. The van der Waals surface area contributed by atoms with E-state index in [1.165, 1.54) is 12.1 Å². The molecule has 0 aliphatic rings. The maximum Gasteiger partial charge on any atom is 0.419 e. The highest BCUT2D eigenvalue weighted by Gasteiger charge is 2.35. The monoisotopic (exact) mass is 463 g/mol. The molecule has 0 bridgehead atoms. The summed E-state index contributed by atoms with van der Waals surface area (Å²) >= 11 is 0. The summed E-state index contributed by atoms with van der Waals surface area (Å²) in [7, 11) is 0. The van der Waals surface area contributed by atoms with Gasteiger partial charge in [0.05, 0.1) is 18.6 Å². The van der Waals surface area contributed by atoms with Crippen LogP contribution in [-0.2, 0) is 17.5 Å². The van der Waals surface area contributed by atoms with Crippen LogP contribution >= 0.6 is 0 Å². The van der Waals surface area contributed by atoms with Gasteiger partial charge in [0.2, 0.25) is 5.82 Å². The zero-order valence-corrected chi connectivity index (χ0v) is 18.1. The van der Waals surface area contributed by atoms with Crippen molar-refractivity contribution in [3.8, 4) is 28.6 Å². The molecule has 0 aliphatic carbocycles. The van der Waals surface area contributed by atoms with E-state index in [0.29, 0.717) is 18.7 Å².